The molecule has 0 amide bonds. The smallest absolute Gasteiger partial charge is 0.115 e. The van der Waals surface area contributed by atoms with Crippen LogP contribution in [-0.4, -0.2) is 17.2 Å². The fraction of sp³-hybridized carbons (Fsp3) is 0.538. The molecule has 2 bridgehead atoms. The molecule has 2 fully saturated rings. The molecule has 1 aromatic carbocycles. The van der Waals surface area contributed by atoms with E-state index in [0.29, 0.717) is 11.7 Å². The predicted molar refractivity (Wildman–Crippen MR) is 60.0 cm³/mol. The maximum atomic E-state index is 9.48. The van der Waals surface area contributed by atoms with Crippen LogP contribution in [0.3, 0.4) is 0 Å². The summed E-state index contributed by atoms with van der Waals surface area (Å²) in [6, 6.07) is 9.21. The Morgan fingerprint density at radius 1 is 1.13 bits per heavy atom. The second-order valence-electron chi connectivity index (χ2n) is 4.90. The van der Waals surface area contributed by atoms with E-state index >= 15 is 0 Å². The van der Waals surface area contributed by atoms with Crippen molar-refractivity contribution >= 4 is 0 Å². The molecule has 2 heteroatoms. The van der Waals surface area contributed by atoms with E-state index in [-0.39, 0.29) is 0 Å². The third kappa shape index (κ3) is 1.74. The van der Waals surface area contributed by atoms with Crippen molar-refractivity contribution in [2.24, 2.45) is 0 Å². The van der Waals surface area contributed by atoms with Gasteiger partial charge in [-0.15, -0.1) is 0 Å². The summed E-state index contributed by atoms with van der Waals surface area (Å²) >= 11 is 0. The van der Waals surface area contributed by atoms with Crippen LogP contribution in [0.1, 0.15) is 37.2 Å². The van der Waals surface area contributed by atoms with Crippen LogP contribution < -0.4 is 5.32 Å². The zero-order valence-corrected chi connectivity index (χ0v) is 8.82. The van der Waals surface area contributed by atoms with E-state index in [2.05, 4.69) is 11.4 Å². The van der Waals surface area contributed by atoms with Crippen LogP contribution >= 0.6 is 0 Å². The first-order valence-electron chi connectivity index (χ1n) is 5.86. The predicted octanol–water partition coefficient (Wildman–Crippen LogP) is 2.39. The van der Waals surface area contributed by atoms with Gasteiger partial charge in [-0.3, -0.25) is 0 Å². The number of nitrogens with one attached hydrogen (secondary N) is 1. The minimum absolute atomic E-state index is 0.401. The van der Waals surface area contributed by atoms with E-state index in [9.17, 15) is 5.11 Å². The largest absolute Gasteiger partial charge is 0.508 e. The normalized spacial score (nSPS) is 34.3. The molecule has 2 heterocycles. The standard InChI is InChI=1S/C13H17NO/c15-13-3-1-2-9(8-13)10-6-11-4-5-12(7-10)14-11/h1-3,8,10-12,14-15H,4-7H2. The van der Waals surface area contributed by atoms with E-state index < -0.39 is 0 Å². The Hall–Kier alpha value is -1.02. The minimum atomic E-state index is 0.401. The van der Waals surface area contributed by atoms with Crippen molar-refractivity contribution in [3.63, 3.8) is 0 Å². The lowest BCUT2D eigenvalue weighted by molar-refractivity contribution is 0.362. The molecule has 2 unspecified atom stereocenters. The van der Waals surface area contributed by atoms with Crippen molar-refractivity contribution in [2.75, 3.05) is 0 Å². The number of phenolic OH excluding ortho intramolecular Hbond substituents is 1. The van der Waals surface area contributed by atoms with Crippen LogP contribution in [0, 0.1) is 0 Å². The number of hydrogen-bond donors (Lipinski definition) is 2. The van der Waals surface area contributed by atoms with Crippen molar-refractivity contribution in [2.45, 2.75) is 43.7 Å². The molecule has 15 heavy (non-hydrogen) atoms. The molecule has 2 aliphatic heterocycles. The summed E-state index contributed by atoms with van der Waals surface area (Å²) in [5.41, 5.74) is 1.31. The maximum absolute atomic E-state index is 9.48. The SMILES string of the molecule is Oc1cccc(C2CC3CCC(C2)N3)c1. The van der Waals surface area contributed by atoms with Crippen molar-refractivity contribution in [3.8, 4) is 5.75 Å². The highest BCUT2D eigenvalue weighted by Gasteiger charge is 2.33. The van der Waals surface area contributed by atoms with Gasteiger partial charge in [0, 0.05) is 12.1 Å². The Balaban J connectivity index is 1.83. The van der Waals surface area contributed by atoms with Gasteiger partial charge in [0.05, 0.1) is 0 Å². The van der Waals surface area contributed by atoms with Gasteiger partial charge in [-0.05, 0) is 49.3 Å². The Labute approximate surface area is 90.3 Å². The number of rotatable bonds is 1. The molecule has 0 aromatic heterocycles. The molecule has 2 saturated heterocycles. The van der Waals surface area contributed by atoms with E-state index in [1.54, 1.807) is 6.07 Å². The average molecular weight is 203 g/mol. The molecule has 0 saturated carbocycles. The first kappa shape index (κ1) is 9.22. The number of benzene rings is 1. The molecule has 1 aromatic rings. The van der Waals surface area contributed by atoms with Gasteiger partial charge in [-0.25, -0.2) is 0 Å². The van der Waals surface area contributed by atoms with E-state index in [0.717, 1.165) is 12.1 Å². The summed E-state index contributed by atoms with van der Waals surface area (Å²) in [6.07, 6.45) is 5.14. The third-order valence-corrected chi connectivity index (χ3v) is 3.81. The molecule has 2 nitrogen and oxygen atoms in total. The average Bonchev–Trinajstić information content (AvgIpc) is 2.58. The third-order valence-electron chi connectivity index (χ3n) is 3.81. The highest BCUT2D eigenvalue weighted by Crippen LogP contribution is 2.37. The van der Waals surface area contributed by atoms with Crippen LogP contribution in [0.15, 0.2) is 24.3 Å². The van der Waals surface area contributed by atoms with Crippen LogP contribution in [-0.2, 0) is 0 Å². The van der Waals surface area contributed by atoms with Gasteiger partial charge in [-0.2, -0.15) is 0 Å². The number of phenols is 1. The number of hydrogen-bond acceptors (Lipinski definition) is 2. The van der Waals surface area contributed by atoms with E-state index in [1.165, 1.54) is 31.2 Å². The van der Waals surface area contributed by atoms with Crippen molar-refractivity contribution in [1.29, 1.82) is 0 Å². The minimum Gasteiger partial charge on any atom is -0.508 e. The Morgan fingerprint density at radius 2 is 1.87 bits per heavy atom. The zero-order valence-electron chi connectivity index (χ0n) is 8.82. The fourth-order valence-electron chi connectivity index (χ4n) is 3.11. The molecule has 2 atom stereocenters. The molecule has 3 rings (SSSR count). The highest BCUT2D eigenvalue weighted by molar-refractivity contribution is 5.30. The van der Waals surface area contributed by atoms with Gasteiger partial charge < -0.3 is 10.4 Å². The lowest BCUT2D eigenvalue weighted by Gasteiger charge is -2.29. The highest BCUT2D eigenvalue weighted by atomic mass is 16.3. The summed E-state index contributed by atoms with van der Waals surface area (Å²) in [5, 5.41) is 13.1. The summed E-state index contributed by atoms with van der Waals surface area (Å²) < 4.78 is 0. The number of piperidine rings is 1. The summed E-state index contributed by atoms with van der Waals surface area (Å²) in [7, 11) is 0. The van der Waals surface area contributed by atoms with Crippen molar-refractivity contribution in [3.05, 3.63) is 29.8 Å². The van der Waals surface area contributed by atoms with E-state index in [4.69, 9.17) is 0 Å². The first-order chi connectivity index (χ1) is 7.31. The fourth-order valence-corrected chi connectivity index (χ4v) is 3.11. The van der Waals surface area contributed by atoms with Crippen LogP contribution in [0.2, 0.25) is 0 Å². The van der Waals surface area contributed by atoms with Gasteiger partial charge in [0.2, 0.25) is 0 Å². The lowest BCUT2D eigenvalue weighted by Crippen LogP contribution is -2.37. The Bertz CT molecular complexity index is 351. The molecule has 0 spiro atoms. The number of fused-ring (bicyclic) bond motifs is 2. The molecule has 2 aliphatic rings. The van der Waals surface area contributed by atoms with Crippen LogP contribution in [0.5, 0.6) is 5.75 Å². The first-order valence-corrected chi connectivity index (χ1v) is 5.86. The molecule has 80 valence electrons. The molecule has 2 N–H and O–H groups in total. The van der Waals surface area contributed by atoms with Gasteiger partial charge in [0.15, 0.2) is 0 Å². The zero-order chi connectivity index (χ0) is 10.3. The Morgan fingerprint density at radius 3 is 2.53 bits per heavy atom. The molecular weight excluding hydrogens is 186 g/mol. The van der Waals surface area contributed by atoms with Gasteiger partial charge in [0.25, 0.3) is 0 Å². The van der Waals surface area contributed by atoms with Crippen molar-refractivity contribution < 1.29 is 5.11 Å². The maximum Gasteiger partial charge on any atom is 0.115 e. The van der Waals surface area contributed by atoms with Crippen LogP contribution in [0.4, 0.5) is 0 Å². The lowest BCUT2D eigenvalue weighted by atomic mass is 9.86. The summed E-state index contributed by atoms with van der Waals surface area (Å²) in [6.45, 7) is 0. The topological polar surface area (TPSA) is 32.3 Å². The number of aromatic hydroxyl groups is 1. The quantitative estimate of drug-likeness (QED) is 0.734. The second kappa shape index (κ2) is 3.53. The summed E-state index contributed by atoms with van der Waals surface area (Å²) in [5.74, 6) is 1.05. The van der Waals surface area contributed by atoms with Crippen molar-refractivity contribution in [1.82, 2.24) is 5.32 Å². The monoisotopic (exact) mass is 203 g/mol. The van der Waals surface area contributed by atoms with Gasteiger partial charge in [0.1, 0.15) is 5.75 Å². The van der Waals surface area contributed by atoms with E-state index in [1.807, 2.05) is 12.1 Å². The van der Waals surface area contributed by atoms with Crippen LogP contribution in [0.25, 0.3) is 0 Å². The van der Waals surface area contributed by atoms with Gasteiger partial charge in [-0.1, -0.05) is 12.1 Å². The molecule has 0 radical (unpaired) electrons. The second-order valence-corrected chi connectivity index (χ2v) is 4.90. The van der Waals surface area contributed by atoms with Gasteiger partial charge >= 0.3 is 0 Å². The molecule has 0 aliphatic carbocycles. The summed E-state index contributed by atoms with van der Waals surface area (Å²) in [4.78, 5) is 0. The Kier molecular flexibility index (Phi) is 2.17. The molecular formula is C13H17NO.